The first-order chi connectivity index (χ1) is 11.6. The number of para-hydroxylation sites is 1. The summed E-state index contributed by atoms with van der Waals surface area (Å²) in [5.41, 5.74) is 0.700. The quantitative estimate of drug-likeness (QED) is 0.720. The van der Waals surface area contributed by atoms with Gasteiger partial charge in [0.2, 0.25) is 0 Å². The van der Waals surface area contributed by atoms with E-state index < -0.39 is 6.10 Å². The number of aromatic nitrogens is 2. The van der Waals surface area contributed by atoms with Gasteiger partial charge >= 0.3 is 0 Å². The molecule has 4 rings (SSSR count). The third-order valence-electron chi connectivity index (χ3n) is 4.00. The predicted octanol–water partition coefficient (Wildman–Crippen LogP) is 2.73. The highest BCUT2D eigenvalue weighted by Crippen LogP contribution is 2.26. The number of rotatable bonds is 2. The minimum absolute atomic E-state index is 0.135. The summed E-state index contributed by atoms with van der Waals surface area (Å²) < 4.78 is 16.7. The van der Waals surface area contributed by atoms with E-state index in [-0.39, 0.29) is 12.0 Å². The van der Waals surface area contributed by atoms with Crippen LogP contribution in [0, 0.1) is 6.92 Å². The monoisotopic (exact) mass is 327 g/mol. The van der Waals surface area contributed by atoms with Gasteiger partial charge in [-0.05, 0) is 26.0 Å². The highest BCUT2D eigenvalue weighted by molar-refractivity contribution is 5.96. The Hall–Kier alpha value is -2.67. The Bertz CT molecular complexity index is 852. The van der Waals surface area contributed by atoms with Crippen LogP contribution >= 0.6 is 0 Å². The van der Waals surface area contributed by atoms with Gasteiger partial charge in [-0.3, -0.25) is 4.79 Å². The number of hydrogen-bond donors (Lipinski definition) is 0. The molecule has 0 radical (unpaired) electrons. The van der Waals surface area contributed by atoms with E-state index in [1.165, 1.54) is 0 Å². The van der Waals surface area contributed by atoms with Gasteiger partial charge in [0.05, 0.1) is 12.6 Å². The van der Waals surface area contributed by atoms with Crippen molar-refractivity contribution >= 4 is 16.9 Å². The van der Waals surface area contributed by atoms with Crippen molar-refractivity contribution in [3.05, 3.63) is 47.8 Å². The van der Waals surface area contributed by atoms with E-state index in [2.05, 4.69) is 10.1 Å². The molecule has 0 aliphatic carbocycles. The van der Waals surface area contributed by atoms with Crippen molar-refractivity contribution in [2.75, 3.05) is 13.1 Å². The Labute approximate surface area is 138 Å². The number of hydrogen-bond acceptors (Lipinski definition) is 6. The first-order valence-corrected chi connectivity index (χ1v) is 7.83. The lowest BCUT2D eigenvalue weighted by Gasteiger charge is -2.34. The summed E-state index contributed by atoms with van der Waals surface area (Å²) in [6.45, 7) is 4.49. The predicted molar refractivity (Wildman–Crippen MR) is 84.4 cm³/mol. The van der Waals surface area contributed by atoms with Gasteiger partial charge in [0, 0.05) is 11.9 Å². The molecule has 124 valence electrons. The first-order valence-electron chi connectivity index (χ1n) is 7.83. The van der Waals surface area contributed by atoms with Gasteiger partial charge in [0.25, 0.3) is 11.8 Å². The maximum atomic E-state index is 12.8. The van der Waals surface area contributed by atoms with E-state index in [0.29, 0.717) is 36.1 Å². The third-order valence-corrected chi connectivity index (χ3v) is 4.00. The summed E-state index contributed by atoms with van der Waals surface area (Å²) in [4.78, 5) is 18.7. The molecule has 2 atom stereocenters. The molecule has 24 heavy (non-hydrogen) atoms. The Morgan fingerprint density at radius 3 is 2.88 bits per heavy atom. The molecule has 3 aromatic rings. The summed E-state index contributed by atoms with van der Waals surface area (Å²) in [5, 5.41) is 4.69. The fourth-order valence-corrected chi connectivity index (χ4v) is 2.94. The number of furan rings is 1. The Kier molecular flexibility index (Phi) is 3.57. The lowest BCUT2D eigenvalue weighted by Crippen LogP contribution is -2.46. The van der Waals surface area contributed by atoms with Gasteiger partial charge in [-0.25, -0.2) is 0 Å². The van der Waals surface area contributed by atoms with Crippen LogP contribution in [0.25, 0.3) is 11.0 Å². The molecule has 1 fully saturated rings. The maximum Gasteiger partial charge on any atom is 0.289 e. The number of carbonyl (C=O) groups excluding carboxylic acids is 1. The smallest absolute Gasteiger partial charge is 0.289 e. The zero-order valence-corrected chi connectivity index (χ0v) is 13.4. The maximum absolute atomic E-state index is 12.8. The number of aryl methyl sites for hydroxylation is 1. The van der Waals surface area contributed by atoms with Gasteiger partial charge < -0.3 is 18.6 Å². The number of benzene rings is 1. The van der Waals surface area contributed by atoms with Crippen LogP contribution in [-0.2, 0) is 4.74 Å². The zero-order chi connectivity index (χ0) is 16.7. The normalized spacial score (nSPS) is 21.3. The number of morpholine rings is 1. The van der Waals surface area contributed by atoms with Crippen LogP contribution in [-0.4, -0.2) is 40.1 Å². The van der Waals surface area contributed by atoms with E-state index in [9.17, 15) is 4.79 Å². The van der Waals surface area contributed by atoms with Crippen molar-refractivity contribution in [2.45, 2.75) is 26.1 Å². The van der Waals surface area contributed by atoms with Gasteiger partial charge in [0.15, 0.2) is 17.7 Å². The lowest BCUT2D eigenvalue weighted by atomic mass is 10.2. The average Bonchev–Trinajstić information content (AvgIpc) is 3.19. The summed E-state index contributed by atoms with van der Waals surface area (Å²) in [7, 11) is 0. The molecule has 1 saturated heterocycles. The number of carbonyl (C=O) groups is 1. The molecule has 7 nitrogen and oxygen atoms in total. The van der Waals surface area contributed by atoms with E-state index in [4.69, 9.17) is 13.7 Å². The summed E-state index contributed by atoms with van der Waals surface area (Å²) in [5.74, 6) is 1.09. The van der Waals surface area contributed by atoms with Crippen LogP contribution < -0.4 is 0 Å². The minimum atomic E-state index is -0.428. The van der Waals surface area contributed by atoms with Crippen LogP contribution in [0.2, 0.25) is 0 Å². The molecule has 1 aliphatic rings. The number of fused-ring (bicyclic) bond motifs is 1. The van der Waals surface area contributed by atoms with Crippen LogP contribution in [0.15, 0.2) is 39.3 Å². The van der Waals surface area contributed by atoms with Gasteiger partial charge in [-0.2, -0.15) is 4.98 Å². The van der Waals surface area contributed by atoms with Crippen molar-refractivity contribution in [1.82, 2.24) is 15.0 Å². The third kappa shape index (κ3) is 2.67. The van der Waals surface area contributed by atoms with Crippen molar-refractivity contribution in [3.63, 3.8) is 0 Å². The molecule has 1 aliphatic heterocycles. The minimum Gasteiger partial charge on any atom is -0.451 e. The van der Waals surface area contributed by atoms with Crippen LogP contribution in [0.5, 0.6) is 0 Å². The SMILES string of the molecule is Cc1noc([C@H]2CN(C(=O)c3cc4ccccc4o3)C[C@@H](C)O2)n1. The second-order valence-electron chi connectivity index (χ2n) is 5.97. The van der Waals surface area contributed by atoms with Crippen LogP contribution in [0.4, 0.5) is 0 Å². The van der Waals surface area contributed by atoms with Crippen molar-refractivity contribution in [1.29, 1.82) is 0 Å². The lowest BCUT2D eigenvalue weighted by molar-refractivity contribution is -0.0814. The van der Waals surface area contributed by atoms with Crippen LogP contribution in [0.3, 0.4) is 0 Å². The van der Waals surface area contributed by atoms with Gasteiger partial charge in [0.1, 0.15) is 5.58 Å². The largest absolute Gasteiger partial charge is 0.451 e. The summed E-state index contributed by atoms with van der Waals surface area (Å²) in [6, 6.07) is 9.32. The Balaban J connectivity index is 1.58. The Morgan fingerprint density at radius 2 is 2.12 bits per heavy atom. The molecule has 2 aromatic heterocycles. The summed E-state index contributed by atoms with van der Waals surface area (Å²) in [6.07, 6.45) is -0.562. The van der Waals surface area contributed by atoms with Crippen molar-refractivity contribution in [3.8, 4) is 0 Å². The van der Waals surface area contributed by atoms with E-state index >= 15 is 0 Å². The topological polar surface area (TPSA) is 81.6 Å². The molecule has 3 heterocycles. The molecule has 0 N–H and O–H groups in total. The van der Waals surface area contributed by atoms with Gasteiger partial charge in [-0.15, -0.1) is 0 Å². The fourth-order valence-electron chi connectivity index (χ4n) is 2.94. The fraction of sp³-hybridized carbons (Fsp3) is 0.353. The van der Waals surface area contributed by atoms with E-state index in [0.717, 1.165) is 5.39 Å². The molecule has 7 heteroatoms. The second-order valence-corrected chi connectivity index (χ2v) is 5.97. The van der Waals surface area contributed by atoms with E-state index in [1.807, 2.05) is 31.2 Å². The first kappa shape index (κ1) is 14.9. The summed E-state index contributed by atoms with van der Waals surface area (Å²) >= 11 is 0. The second kappa shape index (κ2) is 5.76. The molecule has 0 saturated carbocycles. The molecule has 0 bridgehead atoms. The Morgan fingerprint density at radius 1 is 1.29 bits per heavy atom. The molecule has 1 aromatic carbocycles. The number of amides is 1. The average molecular weight is 327 g/mol. The molecule has 0 unspecified atom stereocenters. The van der Waals surface area contributed by atoms with Crippen LogP contribution in [0.1, 0.15) is 35.3 Å². The highest BCUT2D eigenvalue weighted by atomic mass is 16.5. The number of ether oxygens (including phenoxy) is 1. The van der Waals surface area contributed by atoms with E-state index in [1.54, 1.807) is 17.9 Å². The van der Waals surface area contributed by atoms with Crippen molar-refractivity contribution < 1.29 is 18.5 Å². The van der Waals surface area contributed by atoms with Gasteiger partial charge in [-0.1, -0.05) is 23.4 Å². The standard InChI is InChI=1S/C17H17N3O4/c1-10-8-20(9-15(22-10)16-18-11(2)19-24-16)17(21)14-7-12-5-3-4-6-13(12)23-14/h3-7,10,15H,8-9H2,1-2H3/t10-,15-/m1/s1. The van der Waals surface area contributed by atoms with Crippen molar-refractivity contribution in [2.24, 2.45) is 0 Å². The molecule has 1 amide bonds. The molecular weight excluding hydrogens is 310 g/mol. The zero-order valence-electron chi connectivity index (χ0n) is 13.4. The molecular formula is C17H17N3O4. The molecule has 0 spiro atoms. The number of nitrogens with zero attached hydrogens (tertiary/aromatic N) is 3. The highest BCUT2D eigenvalue weighted by Gasteiger charge is 2.34.